The molecule has 3 N–H and O–H groups in total. The van der Waals surface area contributed by atoms with Crippen LogP contribution in [-0.2, 0) is 9.59 Å². The zero-order valence-electron chi connectivity index (χ0n) is 11.5. The second-order valence-electron chi connectivity index (χ2n) is 5.25. The first-order valence-electron chi connectivity index (χ1n) is 6.86. The highest BCUT2D eigenvalue weighted by molar-refractivity contribution is 5.86. The maximum absolute atomic E-state index is 12.5. The Labute approximate surface area is 118 Å². The van der Waals surface area contributed by atoms with Crippen molar-refractivity contribution in [2.75, 3.05) is 6.54 Å². The number of nitrogens with two attached hydrogens (primary N) is 1. The number of hydrogen-bond donors (Lipinski definition) is 2. The van der Waals surface area contributed by atoms with Crippen LogP contribution in [0, 0.1) is 5.92 Å². The molecule has 1 amide bonds. The number of rotatable bonds is 4. The van der Waals surface area contributed by atoms with Gasteiger partial charge in [0.15, 0.2) is 0 Å². The predicted octanol–water partition coefficient (Wildman–Crippen LogP) is 1.40. The summed E-state index contributed by atoms with van der Waals surface area (Å²) in [6, 6.07) is 8.29. The van der Waals surface area contributed by atoms with E-state index in [0.29, 0.717) is 13.0 Å². The van der Waals surface area contributed by atoms with E-state index in [4.69, 9.17) is 10.8 Å². The zero-order chi connectivity index (χ0) is 14.7. The van der Waals surface area contributed by atoms with E-state index in [0.717, 1.165) is 12.0 Å². The number of benzene rings is 1. The Hall–Kier alpha value is -1.88. The normalized spacial score (nSPS) is 21.5. The van der Waals surface area contributed by atoms with Crippen LogP contribution in [0.25, 0.3) is 0 Å². The molecule has 1 aliphatic rings. The Morgan fingerprint density at radius 3 is 2.60 bits per heavy atom. The zero-order valence-corrected chi connectivity index (χ0v) is 11.5. The maximum Gasteiger partial charge on any atom is 0.326 e. The van der Waals surface area contributed by atoms with Crippen LogP contribution >= 0.6 is 0 Å². The molecule has 20 heavy (non-hydrogen) atoms. The number of carboxylic acid groups (broad SMARTS) is 1. The molecule has 3 unspecified atom stereocenters. The van der Waals surface area contributed by atoms with E-state index in [-0.39, 0.29) is 5.91 Å². The van der Waals surface area contributed by atoms with Crippen molar-refractivity contribution in [1.82, 2.24) is 4.90 Å². The number of carboxylic acids is 1. The van der Waals surface area contributed by atoms with Crippen LogP contribution in [-0.4, -0.2) is 34.5 Å². The lowest BCUT2D eigenvalue weighted by Crippen LogP contribution is -2.45. The third-order valence-corrected chi connectivity index (χ3v) is 3.93. The standard InChI is InChI=1S/C15H20N2O3/c1-10(13(16)11-6-3-2-4-7-11)14(18)17-9-5-8-12(17)15(19)20/h2-4,6-7,10,12-13H,5,8-9,16H2,1H3,(H,19,20). The molecule has 1 heterocycles. The number of carbonyl (C=O) groups excluding carboxylic acids is 1. The van der Waals surface area contributed by atoms with Gasteiger partial charge in [-0.3, -0.25) is 4.79 Å². The van der Waals surface area contributed by atoms with Crippen molar-refractivity contribution in [3.8, 4) is 0 Å². The Balaban J connectivity index is 2.10. The van der Waals surface area contributed by atoms with Gasteiger partial charge in [-0.2, -0.15) is 0 Å². The van der Waals surface area contributed by atoms with E-state index >= 15 is 0 Å². The number of nitrogens with zero attached hydrogens (tertiary/aromatic N) is 1. The number of carbonyl (C=O) groups is 2. The van der Waals surface area contributed by atoms with E-state index in [1.165, 1.54) is 4.90 Å². The van der Waals surface area contributed by atoms with Gasteiger partial charge in [0.25, 0.3) is 0 Å². The van der Waals surface area contributed by atoms with Gasteiger partial charge >= 0.3 is 5.97 Å². The van der Waals surface area contributed by atoms with Crippen molar-refractivity contribution in [2.45, 2.75) is 31.8 Å². The number of amides is 1. The third kappa shape index (κ3) is 2.82. The third-order valence-electron chi connectivity index (χ3n) is 3.93. The Morgan fingerprint density at radius 2 is 2.00 bits per heavy atom. The van der Waals surface area contributed by atoms with E-state index < -0.39 is 24.0 Å². The molecule has 1 saturated heterocycles. The van der Waals surface area contributed by atoms with Gasteiger partial charge in [0, 0.05) is 12.6 Å². The lowest BCUT2D eigenvalue weighted by Gasteiger charge is -2.28. The molecule has 0 spiro atoms. The second-order valence-corrected chi connectivity index (χ2v) is 5.25. The molecule has 1 fully saturated rings. The highest BCUT2D eigenvalue weighted by Gasteiger charge is 2.37. The Kier molecular flexibility index (Phi) is 4.39. The fourth-order valence-corrected chi connectivity index (χ4v) is 2.67. The van der Waals surface area contributed by atoms with E-state index in [9.17, 15) is 9.59 Å². The lowest BCUT2D eigenvalue weighted by molar-refractivity contribution is -0.150. The minimum absolute atomic E-state index is 0.175. The number of hydrogen-bond acceptors (Lipinski definition) is 3. The van der Waals surface area contributed by atoms with Gasteiger partial charge in [0.05, 0.1) is 5.92 Å². The van der Waals surface area contributed by atoms with Gasteiger partial charge in [0.2, 0.25) is 5.91 Å². The van der Waals surface area contributed by atoms with Crippen LogP contribution < -0.4 is 5.73 Å². The first-order valence-corrected chi connectivity index (χ1v) is 6.86. The molecule has 0 saturated carbocycles. The summed E-state index contributed by atoms with van der Waals surface area (Å²) in [5.41, 5.74) is 7.02. The lowest BCUT2D eigenvalue weighted by atomic mass is 9.94. The van der Waals surface area contributed by atoms with Gasteiger partial charge in [-0.15, -0.1) is 0 Å². The summed E-state index contributed by atoms with van der Waals surface area (Å²) in [6.45, 7) is 2.26. The summed E-state index contributed by atoms with van der Waals surface area (Å²) in [5.74, 6) is -1.54. The van der Waals surface area contributed by atoms with Crippen LogP contribution in [0.2, 0.25) is 0 Å². The van der Waals surface area contributed by atoms with Crippen molar-refractivity contribution in [2.24, 2.45) is 11.7 Å². The van der Waals surface area contributed by atoms with Crippen LogP contribution in [0.15, 0.2) is 30.3 Å². The minimum Gasteiger partial charge on any atom is -0.480 e. The van der Waals surface area contributed by atoms with E-state index in [1.807, 2.05) is 30.3 Å². The van der Waals surface area contributed by atoms with Crippen molar-refractivity contribution in [3.63, 3.8) is 0 Å². The van der Waals surface area contributed by atoms with Crippen molar-refractivity contribution in [3.05, 3.63) is 35.9 Å². The monoisotopic (exact) mass is 276 g/mol. The first kappa shape index (κ1) is 14.5. The quantitative estimate of drug-likeness (QED) is 0.870. The van der Waals surface area contributed by atoms with Crippen molar-refractivity contribution >= 4 is 11.9 Å². The molecule has 0 aromatic heterocycles. The fraction of sp³-hybridized carbons (Fsp3) is 0.467. The summed E-state index contributed by atoms with van der Waals surface area (Å²) in [4.78, 5) is 25.1. The molecular weight excluding hydrogens is 256 g/mol. The molecule has 1 aromatic rings. The van der Waals surface area contributed by atoms with Gasteiger partial charge < -0.3 is 15.7 Å². The molecule has 1 aliphatic heterocycles. The minimum atomic E-state index is -0.934. The molecule has 0 bridgehead atoms. The molecule has 0 aliphatic carbocycles. The summed E-state index contributed by atoms with van der Waals surface area (Å²) < 4.78 is 0. The average Bonchev–Trinajstić information content (AvgIpc) is 2.95. The summed E-state index contributed by atoms with van der Waals surface area (Å²) in [6.07, 6.45) is 1.25. The van der Waals surface area contributed by atoms with Gasteiger partial charge in [-0.25, -0.2) is 4.79 Å². The van der Waals surface area contributed by atoms with Crippen LogP contribution in [0.3, 0.4) is 0 Å². The Morgan fingerprint density at radius 1 is 1.35 bits per heavy atom. The average molecular weight is 276 g/mol. The van der Waals surface area contributed by atoms with Crippen molar-refractivity contribution < 1.29 is 14.7 Å². The summed E-state index contributed by atoms with van der Waals surface area (Å²) in [5, 5.41) is 9.14. The molecule has 5 nitrogen and oxygen atoms in total. The number of aliphatic carboxylic acids is 1. The molecule has 2 rings (SSSR count). The smallest absolute Gasteiger partial charge is 0.326 e. The van der Waals surface area contributed by atoms with Crippen LogP contribution in [0.5, 0.6) is 0 Å². The highest BCUT2D eigenvalue weighted by Crippen LogP contribution is 2.25. The second kappa shape index (κ2) is 6.05. The topological polar surface area (TPSA) is 83.6 Å². The Bertz CT molecular complexity index is 489. The van der Waals surface area contributed by atoms with Crippen LogP contribution in [0.1, 0.15) is 31.4 Å². The number of likely N-dealkylation sites (tertiary alicyclic amines) is 1. The fourth-order valence-electron chi connectivity index (χ4n) is 2.67. The van der Waals surface area contributed by atoms with Crippen molar-refractivity contribution in [1.29, 1.82) is 0 Å². The largest absolute Gasteiger partial charge is 0.480 e. The molecular formula is C15H20N2O3. The first-order chi connectivity index (χ1) is 9.52. The van der Waals surface area contributed by atoms with Gasteiger partial charge in [-0.1, -0.05) is 37.3 Å². The van der Waals surface area contributed by atoms with Crippen LogP contribution in [0.4, 0.5) is 0 Å². The molecule has 1 aromatic carbocycles. The summed E-state index contributed by atoms with van der Waals surface area (Å²) in [7, 11) is 0. The SMILES string of the molecule is CC(C(=O)N1CCCC1C(=O)O)C(N)c1ccccc1. The molecule has 108 valence electrons. The van der Waals surface area contributed by atoms with E-state index in [1.54, 1.807) is 6.92 Å². The molecule has 5 heteroatoms. The van der Waals surface area contributed by atoms with E-state index in [2.05, 4.69) is 0 Å². The van der Waals surface area contributed by atoms with Gasteiger partial charge in [0.1, 0.15) is 6.04 Å². The molecule has 0 radical (unpaired) electrons. The maximum atomic E-state index is 12.5. The molecule has 3 atom stereocenters. The highest BCUT2D eigenvalue weighted by atomic mass is 16.4. The predicted molar refractivity (Wildman–Crippen MR) is 74.9 cm³/mol. The van der Waals surface area contributed by atoms with Gasteiger partial charge in [-0.05, 0) is 18.4 Å². The summed E-state index contributed by atoms with van der Waals surface area (Å²) >= 11 is 0.